The van der Waals surface area contributed by atoms with Gasteiger partial charge in [-0.05, 0) is 37.1 Å². The Kier molecular flexibility index (Phi) is 7.85. The molecule has 0 aliphatic rings. The minimum absolute atomic E-state index is 0.0163. The van der Waals surface area contributed by atoms with E-state index in [0.717, 1.165) is 12.1 Å². The van der Waals surface area contributed by atoms with Crippen LogP contribution in [0.15, 0.2) is 48.5 Å². The number of halogens is 2. The van der Waals surface area contributed by atoms with Crippen LogP contribution in [0.2, 0.25) is 0 Å². The highest BCUT2D eigenvalue weighted by atomic mass is 19.2. The van der Waals surface area contributed by atoms with Gasteiger partial charge in [-0.25, -0.2) is 18.4 Å². The van der Waals surface area contributed by atoms with Crippen LogP contribution in [0.1, 0.15) is 20.8 Å². The number of hydrogen-bond acceptors (Lipinski definition) is 4. The van der Waals surface area contributed by atoms with Crippen molar-refractivity contribution in [2.24, 2.45) is 5.92 Å². The normalized spacial score (nSPS) is 12.6. The molecule has 7 nitrogen and oxygen atoms in total. The fourth-order valence-electron chi connectivity index (χ4n) is 2.45. The van der Waals surface area contributed by atoms with E-state index in [1.165, 1.54) is 13.0 Å². The van der Waals surface area contributed by atoms with Crippen molar-refractivity contribution in [3.63, 3.8) is 0 Å². The Morgan fingerprint density at radius 3 is 2.13 bits per heavy atom. The summed E-state index contributed by atoms with van der Waals surface area (Å²) in [5.41, 5.74) is 0.563. The summed E-state index contributed by atoms with van der Waals surface area (Å²) in [6, 6.07) is 9.91. The number of amides is 3. The molecule has 0 heterocycles. The van der Waals surface area contributed by atoms with Crippen LogP contribution in [0.3, 0.4) is 0 Å². The molecule has 160 valence electrons. The van der Waals surface area contributed by atoms with Gasteiger partial charge in [0.1, 0.15) is 6.04 Å². The first-order chi connectivity index (χ1) is 14.2. The molecule has 0 spiro atoms. The second-order valence-electron chi connectivity index (χ2n) is 6.88. The van der Waals surface area contributed by atoms with E-state index in [1.54, 1.807) is 44.2 Å². The molecule has 9 heteroatoms. The maximum absolute atomic E-state index is 13.3. The van der Waals surface area contributed by atoms with Crippen molar-refractivity contribution in [3.8, 4) is 0 Å². The van der Waals surface area contributed by atoms with Crippen LogP contribution in [0.4, 0.5) is 25.0 Å². The number of para-hydroxylation sites is 1. The van der Waals surface area contributed by atoms with Crippen molar-refractivity contribution >= 4 is 29.3 Å². The number of carbonyl (C=O) groups is 3. The third-order valence-corrected chi connectivity index (χ3v) is 4.09. The molecule has 0 saturated heterocycles. The van der Waals surface area contributed by atoms with Crippen LogP contribution < -0.4 is 16.0 Å². The van der Waals surface area contributed by atoms with E-state index in [9.17, 15) is 23.2 Å². The molecule has 0 saturated carbocycles. The fraction of sp³-hybridized carbons (Fsp3) is 0.286. The molecule has 3 amide bonds. The lowest BCUT2D eigenvalue weighted by Gasteiger charge is -2.23. The quantitative estimate of drug-likeness (QED) is 0.597. The lowest BCUT2D eigenvalue weighted by atomic mass is 10.0. The Hall–Kier alpha value is -3.49. The number of hydrogen-bond donors (Lipinski definition) is 3. The van der Waals surface area contributed by atoms with Gasteiger partial charge in [0.2, 0.25) is 0 Å². The maximum atomic E-state index is 13.3. The van der Waals surface area contributed by atoms with E-state index in [2.05, 4.69) is 16.0 Å². The van der Waals surface area contributed by atoms with Gasteiger partial charge in [-0.1, -0.05) is 32.0 Å². The number of esters is 1. The molecule has 3 N–H and O–H groups in total. The summed E-state index contributed by atoms with van der Waals surface area (Å²) < 4.78 is 31.4. The second-order valence-corrected chi connectivity index (χ2v) is 6.88. The van der Waals surface area contributed by atoms with Gasteiger partial charge < -0.3 is 20.7 Å². The molecule has 0 unspecified atom stereocenters. The van der Waals surface area contributed by atoms with Gasteiger partial charge >= 0.3 is 12.0 Å². The van der Waals surface area contributed by atoms with Gasteiger partial charge in [-0.3, -0.25) is 4.79 Å². The summed E-state index contributed by atoms with van der Waals surface area (Å²) in [6.07, 6.45) is -1.23. The van der Waals surface area contributed by atoms with Crippen LogP contribution in [0.5, 0.6) is 0 Å². The molecule has 2 rings (SSSR count). The lowest BCUT2D eigenvalue weighted by molar-refractivity contribution is -0.156. The Morgan fingerprint density at radius 1 is 0.867 bits per heavy atom. The van der Waals surface area contributed by atoms with Crippen LogP contribution in [0.25, 0.3) is 0 Å². The zero-order valence-electron chi connectivity index (χ0n) is 16.7. The highest BCUT2D eigenvalue weighted by Crippen LogP contribution is 2.14. The molecule has 2 aromatic carbocycles. The van der Waals surface area contributed by atoms with E-state index < -0.39 is 41.7 Å². The molecular weight excluding hydrogens is 396 g/mol. The third-order valence-electron chi connectivity index (χ3n) is 4.09. The zero-order chi connectivity index (χ0) is 22.3. The van der Waals surface area contributed by atoms with E-state index in [0.29, 0.717) is 5.69 Å². The average Bonchev–Trinajstić information content (AvgIpc) is 2.69. The maximum Gasteiger partial charge on any atom is 0.329 e. The Bertz CT molecular complexity index is 906. The Morgan fingerprint density at radius 2 is 1.53 bits per heavy atom. The SMILES string of the molecule is CC(C)[C@@H](NC(=O)Nc1ccccc1)C(=O)O[C@H](C)C(=O)Nc1ccc(F)c(F)c1. The van der Waals surface area contributed by atoms with Gasteiger partial charge in [0.05, 0.1) is 0 Å². The highest BCUT2D eigenvalue weighted by Gasteiger charge is 2.29. The molecule has 0 aliphatic carbocycles. The summed E-state index contributed by atoms with van der Waals surface area (Å²) in [6.45, 7) is 4.75. The smallest absolute Gasteiger partial charge is 0.329 e. The number of rotatable bonds is 7. The Balaban J connectivity index is 1.94. The molecule has 0 aromatic heterocycles. The van der Waals surface area contributed by atoms with Gasteiger partial charge in [0, 0.05) is 17.4 Å². The first-order valence-electron chi connectivity index (χ1n) is 9.26. The molecule has 2 atom stereocenters. The first-order valence-corrected chi connectivity index (χ1v) is 9.26. The minimum Gasteiger partial charge on any atom is -0.451 e. The molecule has 0 fully saturated rings. The lowest BCUT2D eigenvalue weighted by Crippen LogP contribution is -2.48. The number of nitrogens with one attached hydrogen (secondary N) is 3. The number of ether oxygens (including phenoxy) is 1. The van der Waals surface area contributed by atoms with Gasteiger partial charge in [-0.15, -0.1) is 0 Å². The van der Waals surface area contributed by atoms with Crippen LogP contribution in [0, 0.1) is 17.6 Å². The molecule has 2 aromatic rings. The summed E-state index contributed by atoms with van der Waals surface area (Å²) >= 11 is 0. The van der Waals surface area contributed by atoms with Crippen molar-refractivity contribution in [1.29, 1.82) is 0 Å². The highest BCUT2D eigenvalue weighted by molar-refractivity contribution is 5.96. The van der Waals surface area contributed by atoms with Crippen LogP contribution in [-0.4, -0.2) is 30.1 Å². The first kappa shape index (κ1) is 22.8. The summed E-state index contributed by atoms with van der Waals surface area (Å²) in [7, 11) is 0. The van der Waals surface area contributed by atoms with Crippen molar-refractivity contribution in [1.82, 2.24) is 5.32 Å². The Labute approximate surface area is 172 Å². The summed E-state index contributed by atoms with van der Waals surface area (Å²) in [5, 5.41) is 7.46. The molecule has 0 radical (unpaired) electrons. The molecule has 30 heavy (non-hydrogen) atoms. The van der Waals surface area contributed by atoms with Gasteiger partial charge in [0.15, 0.2) is 17.7 Å². The fourth-order valence-corrected chi connectivity index (χ4v) is 2.45. The van der Waals surface area contributed by atoms with E-state index in [1.807, 2.05) is 0 Å². The van der Waals surface area contributed by atoms with Crippen LogP contribution in [-0.2, 0) is 14.3 Å². The second kappa shape index (κ2) is 10.3. The standard InChI is InChI=1S/C21H23F2N3O4/c1-12(2)18(26-21(29)25-14-7-5-4-6-8-14)20(28)30-13(3)19(27)24-15-9-10-16(22)17(23)11-15/h4-13,18H,1-3H3,(H,24,27)(H2,25,26,29)/t13-,18-/m1/s1. The number of anilines is 2. The minimum atomic E-state index is -1.23. The number of carbonyl (C=O) groups excluding carboxylic acids is 3. The average molecular weight is 419 g/mol. The summed E-state index contributed by atoms with van der Waals surface area (Å²) in [4.78, 5) is 36.9. The van der Waals surface area contributed by atoms with Gasteiger partial charge in [-0.2, -0.15) is 0 Å². The topological polar surface area (TPSA) is 96.5 Å². The third kappa shape index (κ3) is 6.54. The monoisotopic (exact) mass is 419 g/mol. The molecule has 0 aliphatic heterocycles. The van der Waals surface area contributed by atoms with Crippen molar-refractivity contribution in [2.45, 2.75) is 32.9 Å². The van der Waals surface area contributed by atoms with E-state index >= 15 is 0 Å². The zero-order valence-corrected chi connectivity index (χ0v) is 16.7. The predicted octanol–water partition coefficient (Wildman–Crippen LogP) is 3.68. The van der Waals surface area contributed by atoms with Crippen LogP contribution >= 0.6 is 0 Å². The van der Waals surface area contributed by atoms with Crippen molar-refractivity contribution < 1.29 is 27.9 Å². The number of urea groups is 1. The summed E-state index contributed by atoms with van der Waals surface area (Å²) in [5.74, 6) is -4.02. The van der Waals surface area contributed by atoms with Crippen molar-refractivity contribution in [3.05, 3.63) is 60.2 Å². The largest absolute Gasteiger partial charge is 0.451 e. The predicted molar refractivity (Wildman–Crippen MR) is 108 cm³/mol. The van der Waals surface area contributed by atoms with Crippen molar-refractivity contribution in [2.75, 3.05) is 10.6 Å². The number of benzene rings is 2. The molecule has 0 bridgehead atoms. The van der Waals surface area contributed by atoms with E-state index in [4.69, 9.17) is 4.74 Å². The van der Waals surface area contributed by atoms with E-state index in [-0.39, 0.29) is 11.6 Å². The van der Waals surface area contributed by atoms with Gasteiger partial charge in [0.25, 0.3) is 5.91 Å². The molecular formula is C21H23F2N3O4.